The number of benzene rings is 1. The molecule has 1 aromatic carbocycles. The number of nitrogens with one attached hydrogen (secondary N) is 1. The van der Waals surface area contributed by atoms with E-state index in [2.05, 4.69) is 15.2 Å². The van der Waals surface area contributed by atoms with Crippen LogP contribution in [0.1, 0.15) is 29.6 Å². The van der Waals surface area contributed by atoms with Gasteiger partial charge in [0.05, 0.1) is 16.9 Å². The van der Waals surface area contributed by atoms with Crippen molar-refractivity contribution in [2.45, 2.75) is 24.8 Å². The smallest absolute Gasteiger partial charge is 0.258 e. The first kappa shape index (κ1) is 16.1. The Bertz CT molecular complexity index is 708. The molecule has 1 saturated heterocycles. The third-order valence-corrected chi connectivity index (χ3v) is 4.65. The molecule has 4 nitrogen and oxygen atoms in total. The molecule has 1 fully saturated rings. The normalized spacial score (nSPS) is 17.8. The molecule has 23 heavy (non-hydrogen) atoms. The van der Waals surface area contributed by atoms with Crippen molar-refractivity contribution in [2.24, 2.45) is 0 Å². The summed E-state index contributed by atoms with van der Waals surface area (Å²) in [5.74, 6) is -0.279. The van der Waals surface area contributed by atoms with Crippen molar-refractivity contribution in [3.63, 3.8) is 0 Å². The van der Waals surface area contributed by atoms with Crippen LogP contribution in [0, 0.1) is 0 Å². The highest BCUT2D eigenvalue weighted by molar-refractivity contribution is 6.33. The predicted octanol–water partition coefficient (Wildman–Crippen LogP) is 4.54. The Kier molecular flexibility index (Phi) is 5.03. The number of anilines is 2. The fraction of sp³-hybridized carbons (Fsp3) is 0.294. The van der Waals surface area contributed by atoms with Crippen LogP contribution < -0.4 is 10.2 Å². The molecule has 0 aliphatic carbocycles. The second kappa shape index (κ2) is 7.20. The van der Waals surface area contributed by atoms with Crippen molar-refractivity contribution in [1.29, 1.82) is 0 Å². The molecule has 1 aliphatic heterocycles. The lowest BCUT2D eigenvalue weighted by molar-refractivity contribution is 0.102. The van der Waals surface area contributed by atoms with Gasteiger partial charge in [0.25, 0.3) is 5.91 Å². The second-order valence-corrected chi connectivity index (χ2v) is 6.30. The standard InChI is InChI=1S/C17H17Cl2N3O/c18-15-9-3-4-11-22(15)14-8-2-1-7-13(14)21-17(23)12-6-5-10-20-16(12)19/h1-2,5-8,10,15H,3-4,9,11H2,(H,21,23). The average Bonchev–Trinajstić information content (AvgIpc) is 2.56. The zero-order chi connectivity index (χ0) is 16.2. The Hall–Kier alpha value is -1.78. The van der Waals surface area contributed by atoms with Crippen LogP contribution in [0.15, 0.2) is 42.6 Å². The van der Waals surface area contributed by atoms with E-state index in [1.807, 2.05) is 24.3 Å². The highest BCUT2D eigenvalue weighted by Crippen LogP contribution is 2.33. The van der Waals surface area contributed by atoms with Gasteiger partial charge in [0, 0.05) is 12.7 Å². The number of para-hydroxylation sites is 2. The molecule has 0 bridgehead atoms. The van der Waals surface area contributed by atoms with E-state index in [-0.39, 0.29) is 16.6 Å². The van der Waals surface area contributed by atoms with Gasteiger partial charge in [-0.1, -0.05) is 35.3 Å². The lowest BCUT2D eigenvalue weighted by Gasteiger charge is -2.35. The van der Waals surface area contributed by atoms with E-state index in [0.29, 0.717) is 5.56 Å². The number of aromatic nitrogens is 1. The number of alkyl halides is 1. The third kappa shape index (κ3) is 3.59. The molecule has 1 N–H and O–H groups in total. The molecule has 120 valence electrons. The average molecular weight is 350 g/mol. The maximum absolute atomic E-state index is 12.5. The van der Waals surface area contributed by atoms with Crippen molar-refractivity contribution in [1.82, 2.24) is 4.98 Å². The number of amides is 1. The predicted molar refractivity (Wildman–Crippen MR) is 94.5 cm³/mol. The first-order valence-corrected chi connectivity index (χ1v) is 8.40. The van der Waals surface area contributed by atoms with E-state index in [1.54, 1.807) is 18.3 Å². The summed E-state index contributed by atoms with van der Waals surface area (Å²) in [6, 6.07) is 11.0. The topological polar surface area (TPSA) is 45.2 Å². The number of nitrogens with zero attached hydrogens (tertiary/aromatic N) is 2. The summed E-state index contributed by atoms with van der Waals surface area (Å²) in [5, 5.41) is 3.11. The summed E-state index contributed by atoms with van der Waals surface area (Å²) in [7, 11) is 0. The highest BCUT2D eigenvalue weighted by atomic mass is 35.5. The zero-order valence-electron chi connectivity index (χ0n) is 12.5. The summed E-state index contributed by atoms with van der Waals surface area (Å²) >= 11 is 12.4. The number of rotatable bonds is 3. The molecule has 1 atom stereocenters. The van der Waals surface area contributed by atoms with Gasteiger partial charge in [0.1, 0.15) is 10.7 Å². The number of piperidine rings is 1. The summed E-state index contributed by atoms with van der Waals surface area (Å²) in [6.07, 6.45) is 4.72. The minimum Gasteiger partial charge on any atom is -0.353 e. The molecule has 1 aliphatic rings. The number of halogens is 2. The van der Waals surface area contributed by atoms with E-state index in [1.165, 1.54) is 0 Å². The number of hydrogen-bond acceptors (Lipinski definition) is 3. The molecule has 2 aromatic rings. The van der Waals surface area contributed by atoms with Gasteiger partial charge < -0.3 is 10.2 Å². The fourth-order valence-corrected chi connectivity index (χ4v) is 3.30. The number of hydrogen-bond donors (Lipinski definition) is 1. The van der Waals surface area contributed by atoms with Crippen LogP contribution in [0.25, 0.3) is 0 Å². The molecular weight excluding hydrogens is 333 g/mol. The largest absolute Gasteiger partial charge is 0.353 e. The second-order valence-electron chi connectivity index (χ2n) is 5.44. The number of carbonyl (C=O) groups is 1. The van der Waals surface area contributed by atoms with Gasteiger partial charge in [-0.05, 0) is 43.5 Å². The van der Waals surface area contributed by atoms with Crippen molar-refractivity contribution < 1.29 is 4.79 Å². The van der Waals surface area contributed by atoms with Gasteiger partial charge in [0.2, 0.25) is 0 Å². The zero-order valence-corrected chi connectivity index (χ0v) is 14.0. The first-order chi connectivity index (χ1) is 11.2. The van der Waals surface area contributed by atoms with Crippen LogP contribution >= 0.6 is 23.2 Å². The molecule has 3 rings (SSSR count). The molecule has 1 amide bonds. The van der Waals surface area contributed by atoms with Crippen LogP contribution in [0.4, 0.5) is 11.4 Å². The van der Waals surface area contributed by atoms with Gasteiger partial charge in [-0.2, -0.15) is 0 Å². The van der Waals surface area contributed by atoms with Crippen molar-refractivity contribution >= 4 is 40.5 Å². The Morgan fingerprint density at radius 2 is 2.04 bits per heavy atom. The summed E-state index contributed by atoms with van der Waals surface area (Å²) < 4.78 is 0. The van der Waals surface area contributed by atoms with Gasteiger partial charge >= 0.3 is 0 Å². The van der Waals surface area contributed by atoms with Gasteiger partial charge in [-0.3, -0.25) is 4.79 Å². The van der Waals surface area contributed by atoms with Gasteiger partial charge in [0.15, 0.2) is 0 Å². The molecule has 6 heteroatoms. The molecular formula is C17H17Cl2N3O. The maximum Gasteiger partial charge on any atom is 0.258 e. The van der Waals surface area contributed by atoms with E-state index in [9.17, 15) is 4.79 Å². The Labute approximate surface area is 145 Å². The first-order valence-electron chi connectivity index (χ1n) is 7.58. The third-order valence-electron chi connectivity index (χ3n) is 3.89. The van der Waals surface area contributed by atoms with E-state index >= 15 is 0 Å². The van der Waals surface area contributed by atoms with Gasteiger partial charge in [-0.25, -0.2) is 4.98 Å². The molecule has 2 heterocycles. The fourth-order valence-electron chi connectivity index (χ4n) is 2.74. The molecule has 0 spiro atoms. The minimum atomic E-state index is -0.279. The molecule has 0 saturated carbocycles. The van der Waals surface area contributed by atoms with E-state index in [4.69, 9.17) is 23.2 Å². The minimum absolute atomic E-state index is 0.0521. The highest BCUT2D eigenvalue weighted by Gasteiger charge is 2.23. The van der Waals surface area contributed by atoms with Gasteiger partial charge in [-0.15, -0.1) is 0 Å². The summed E-state index contributed by atoms with van der Waals surface area (Å²) in [5.41, 5.74) is 1.96. The lowest BCUT2D eigenvalue weighted by atomic mass is 10.1. The number of carbonyl (C=O) groups excluding carboxylic acids is 1. The van der Waals surface area contributed by atoms with Crippen LogP contribution in [-0.2, 0) is 0 Å². The monoisotopic (exact) mass is 349 g/mol. The SMILES string of the molecule is O=C(Nc1ccccc1N1CCCCC1Cl)c1cccnc1Cl. The van der Waals surface area contributed by atoms with E-state index in [0.717, 1.165) is 37.2 Å². The maximum atomic E-state index is 12.5. The van der Waals surface area contributed by atoms with Crippen molar-refractivity contribution in [3.8, 4) is 0 Å². The van der Waals surface area contributed by atoms with Crippen LogP contribution in [-0.4, -0.2) is 22.9 Å². The summed E-state index contributed by atoms with van der Waals surface area (Å²) in [4.78, 5) is 18.5. The van der Waals surface area contributed by atoms with E-state index < -0.39 is 0 Å². The molecule has 1 aromatic heterocycles. The Morgan fingerprint density at radius 3 is 2.83 bits per heavy atom. The molecule has 0 radical (unpaired) electrons. The van der Waals surface area contributed by atoms with Crippen molar-refractivity contribution in [2.75, 3.05) is 16.8 Å². The van der Waals surface area contributed by atoms with Crippen molar-refractivity contribution in [3.05, 3.63) is 53.3 Å². The van der Waals surface area contributed by atoms with Crippen LogP contribution in [0.5, 0.6) is 0 Å². The Morgan fingerprint density at radius 1 is 1.22 bits per heavy atom. The van der Waals surface area contributed by atoms with Crippen LogP contribution in [0.2, 0.25) is 5.15 Å². The Balaban J connectivity index is 1.86. The quantitative estimate of drug-likeness (QED) is 0.502. The lowest BCUT2D eigenvalue weighted by Crippen LogP contribution is -2.36. The van der Waals surface area contributed by atoms with Crippen LogP contribution in [0.3, 0.4) is 0 Å². The molecule has 1 unspecified atom stereocenters. The summed E-state index contributed by atoms with van der Waals surface area (Å²) in [6.45, 7) is 0.884. The number of pyridine rings is 1.